The van der Waals surface area contributed by atoms with Crippen LogP contribution in [0.15, 0.2) is 42.5 Å². The molecule has 0 aliphatic heterocycles. The SMILES string of the molecule is CCCCCC#C/C=C\C(OC)c1ccccc1. The van der Waals surface area contributed by atoms with Gasteiger partial charge in [0, 0.05) is 13.5 Å². The zero-order chi connectivity index (χ0) is 13.1. The Kier molecular flexibility index (Phi) is 7.68. The maximum absolute atomic E-state index is 5.43. The van der Waals surface area contributed by atoms with E-state index in [1.807, 2.05) is 30.4 Å². The van der Waals surface area contributed by atoms with Gasteiger partial charge < -0.3 is 4.74 Å². The van der Waals surface area contributed by atoms with Gasteiger partial charge in [-0.2, -0.15) is 0 Å². The number of methoxy groups -OCH3 is 1. The Morgan fingerprint density at radius 3 is 2.67 bits per heavy atom. The molecule has 0 radical (unpaired) electrons. The third-order valence-electron chi connectivity index (χ3n) is 2.74. The lowest BCUT2D eigenvalue weighted by molar-refractivity contribution is 0.143. The molecular formula is C17H22O. The monoisotopic (exact) mass is 242 g/mol. The quantitative estimate of drug-likeness (QED) is 0.526. The molecule has 1 aromatic rings. The van der Waals surface area contributed by atoms with Crippen LogP contribution in [0.25, 0.3) is 0 Å². The van der Waals surface area contributed by atoms with Crippen molar-refractivity contribution >= 4 is 0 Å². The second kappa shape index (κ2) is 9.50. The van der Waals surface area contributed by atoms with Gasteiger partial charge in [-0.25, -0.2) is 0 Å². The lowest BCUT2D eigenvalue weighted by Crippen LogP contribution is -1.96. The van der Waals surface area contributed by atoms with Crippen molar-refractivity contribution in [1.82, 2.24) is 0 Å². The van der Waals surface area contributed by atoms with E-state index in [9.17, 15) is 0 Å². The number of rotatable bonds is 6. The predicted molar refractivity (Wildman–Crippen MR) is 77.3 cm³/mol. The van der Waals surface area contributed by atoms with Crippen molar-refractivity contribution in [3.8, 4) is 11.8 Å². The van der Waals surface area contributed by atoms with Gasteiger partial charge in [0.2, 0.25) is 0 Å². The van der Waals surface area contributed by atoms with Crippen molar-refractivity contribution in [3.63, 3.8) is 0 Å². The highest BCUT2D eigenvalue weighted by molar-refractivity contribution is 5.24. The second-order valence-corrected chi connectivity index (χ2v) is 4.20. The van der Waals surface area contributed by atoms with Crippen molar-refractivity contribution in [2.24, 2.45) is 0 Å². The molecule has 0 saturated carbocycles. The highest BCUT2D eigenvalue weighted by Crippen LogP contribution is 2.16. The Labute approximate surface area is 111 Å². The molecule has 1 atom stereocenters. The summed E-state index contributed by atoms with van der Waals surface area (Å²) in [5, 5.41) is 0. The maximum atomic E-state index is 5.43. The number of allylic oxidation sites excluding steroid dienone is 1. The third-order valence-corrected chi connectivity index (χ3v) is 2.74. The molecule has 1 unspecified atom stereocenters. The van der Waals surface area contributed by atoms with Crippen molar-refractivity contribution in [2.45, 2.75) is 38.7 Å². The third kappa shape index (κ3) is 5.70. The van der Waals surface area contributed by atoms with Crippen molar-refractivity contribution in [1.29, 1.82) is 0 Å². The van der Waals surface area contributed by atoms with Crippen LogP contribution in [0.2, 0.25) is 0 Å². The maximum Gasteiger partial charge on any atom is 0.101 e. The van der Waals surface area contributed by atoms with Gasteiger partial charge in [-0.3, -0.25) is 0 Å². The number of unbranched alkanes of at least 4 members (excludes halogenated alkanes) is 3. The standard InChI is InChI=1S/C17H22O/c1-3-4-5-6-7-8-12-15-17(18-2)16-13-10-9-11-14-16/h9-15,17H,3-6H2,1-2H3/b15-12-. The summed E-state index contributed by atoms with van der Waals surface area (Å²) >= 11 is 0. The first-order chi connectivity index (χ1) is 8.88. The average Bonchev–Trinajstić information content (AvgIpc) is 2.43. The lowest BCUT2D eigenvalue weighted by atomic mass is 10.1. The van der Waals surface area contributed by atoms with Crippen LogP contribution in [0.3, 0.4) is 0 Å². The van der Waals surface area contributed by atoms with Gasteiger partial charge in [-0.1, -0.05) is 61.9 Å². The van der Waals surface area contributed by atoms with Crippen LogP contribution in [0, 0.1) is 11.8 Å². The summed E-state index contributed by atoms with van der Waals surface area (Å²) in [5.41, 5.74) is 1.16. The average molecular weight is 242 g/mol. The Morgan fingerprint density at radius 1 is 1.22 bits per heavy atom. The Hall–Kier alpha value is -1.52. The molecule has 0 N–H and O–H groups in total. The molecular weight excluding hydrogens is 220 g/mol. The lowest BCUT2D eigenvalue weighted by Gasteiger charge is -2.09. The molecule has 18 heavy (non-hydrogen) atoms. The van der Waals surface area contributed by atoms with E-state index < -0.39 is 0 Å². The van der Waals surface area contributed by atoms with Crippen molar-refractivity contribution in [3.05, 3.63) is 48.0 Å². The van der Waals surface area contributed by atoms with Crippen LogP contribution >= 0.6 is 0 Å². The highest BCUT2D eigenvalue weighted by Gasteiger charge is 2.03. The molecule has 96 valence electrons. The zero-order valence-electron chi connectivity index (χ0n) is 11.4. The number of ether oxygens (including phenoxy) is 1. The van der Waals surface area contributed by atoms with Gasteiger partial charge in [-0.15, -0.1) is 0 Å². The molecule has 0 heterocycles. The molecule has 0 amide bonds. The molecule has 0 aromatic heterocycles. The van der Waals surface area contributed by atoms with Gasteiger partial charge in [0.1, 0.15) is 6.10 Å². The summed E-state index contributed by atoms with van der Waals surface area (Å²) in [7, 11) is 1.72. The number of hydrogen-bond donors (Lipinski definition) is 0. The van der Waals surface area contributed by atoms with E-state index in [2.05, 4.69) is 30.9 Å². The molecule has 0 aliphatic rings. The summed E-state index contributed by atoms with van der Waals surface area (Å²) in [6.07, 6.45) is 8.59. The summed E-state index contributed by atoms with van der Waals surface area (Å²) < 4.78 is 5.43. The smallest absolute Gasteiger partial charge is 0.101 e. The Bertz CT molecular complexity index is 395. The fourth-order valence-electron chi connectivity index (χ4n) is 1.70. The summed E-state index contributed by atoms with van der Waals surface area (Å²) in [5.74, 6) is 6.23. The Morgan fingerprint density at radius 2 is 2.00 bits per heavy atom. The minimum Gasteiger partial charge on any atom is -0.373 e. The predicted octanol–water partition coefficient (Wildman–Crippen LogP) is 4.51. The van der Waals surface area contributed by atoms with E-state index in [0.717, 1.165) is 12.0 Å². The molecule has 0 spiro atoms. The molecule has 0 saturated heterocycles. The van der Waals surface area contributed by atoms with Crippen LogP contribution in [0.1, 0.15) is 44.3 Å². The van der Waals surface area contributed by atoms with Crippen molar-refractivity contribution < 1.29 is 4.74 Å². The van der Waals surface area contributed by atoms with Gasteiger partial charge in [0.15, 0.2) is 0 Å². The van der Waals surface area contributed by atoms with Crippen LogP contribution in [0.4, 0.5) is 0 Å². The van der Waals surface area contributed by atoms with E-state index in [1.165, 1.54) is 19.3 Å². The first kappa shape index (κ1) is 14.5. The first-order valence-corrected chi connectivity index (χ1v) is 6.61. The fourth-order valence-corrected chi connectivity index (χ4v) is 1.70. The van der Waals surface area contributed by atoms with E-state index in [0.29, 0.717) is 0 Å². The van der Waals surface area contributed by atoms with Gasteiger partial charge in [0.05, 0.1) is 0 Å². The summed E-state index contributed by atoms with van der Waals surface area (Å²) in [4.78, 5) is 0. The van der Waals surface area contributed by atoms with Gasteiger partial charge in [0.25, 0.3) is 0 Å². The van der Waals surface area contributed by atoms with Gasteiger partial charge in [-0.05, 0) is 24.1 Å². The normalized spacial score (nSPS) is 12.1. The van der Waals surface area contributed by atoms with Crippen LogP contribution in [-0.2, 0) is 4.74 Å². The van der Waals surface area contributed by atoms with E-state index in [1.54, 1.807) is 7.11 Å². The van der Waals surface area contributed by atoms with Crippen LogP contribution in [0.5, 0.6) is 0 Å². The fraction of sp³-hybridized carbons (Fsp3) is 0.412. The molecule has 1 aromatic carbocycles. The minimum absolute atomic E-state index is 0.00357. The van der Waals surface area contributed by atoms with Crippen LogP contribution < -0.4 is 0 Å². The molecule has 0 fully saturated rings. The highest BCUT2D eigenvalue weighted by atomic mass is 16.5. The van der Waals surface area contributed by atoms with Crippen molar-refractivity contribution in [2.75, 3.05) is 7.11 Å². The topological polar surface area (TPSA) is 9.23 Å². The molecule has 0 aliphatic carbocycles. The molecule has 0 bridgehead atoms. The molecule has 1 heteroatoms. The number of benzene rings is 1. The zero-order valence-corrected chi connectivity index (χ0v) is 11.4. The van der Waals surface area contributed by atoms with E-state index in [4.69, 9.17) is 4.74 Å². The Balaban J connectivity index is 2.44. The van der Waals surface area contributed by atoms with Crippen LogP contribution in [-0.4, -0.2) is 7.11 Å². The van der Waals surface area contributed by atoms with E-state index in [-0.39, 0.29) is 6.10 Å². The molecule has 1 rings (SSSR count). The van der Waals surface area contributed by atoms with Gasteiger partial charge >= 0.3 is 0 Å². The summed E-state index contributed by atoms with van der Waals surface area (Å²) in [6.45, 7) is 2.20. The minimum atomic E-state index is -0.00357. The largest absolute Gasteiger partial charge is 0.373 e. The van der Waals surface area contributed by atoms with E-state index >= 15 is 0 Å². The first-order valence-electron chi connectivity index (χ1n) is 6.61. The summed E-state index contributed by atoms with van der Waals surface area (Å²) in [6, 6.07) is 10.2. The molecule has 1 nitrogen and oxygen atoms in total. The number of hydrogen-bond acceptors (Lipinski definition) is 1. The second-order valence-electron chi connectivity index (χ2n) is 4.20.